The third kappa shape index (κ3) is 3.37. The molecule has 2 amide bonds. The van der Waals surface area contributed by atoms with Crippen molar-refractivity contribution in [1.82, 2.24) is 10.2 Å². The zero-order valence-corrected chi connectivity index (χ0v) is 14.3. The molecule has 0 aliphatic carbocycles. The van der Waals surface area contributed by atoms with Crippen molar-refractivity contribution in [2.75, 3.05) is 13.2 Å². The molecule has 1 aromatic rings. The summed E-state index contributed by atoms with van der Waals surface area (Å²) in [6.07, 6.45) is -0.00442. The van der Waals surface area contributed by atoms with Crippen LogP contribution in [-0.4, -0.2) is 48.0 Å². The van der Waals surface area contributed by atoms with E-state index in [1.54, 1.807) is 11.8 Å². The van der Waals surface area contributed by atoms with E-state index >= 15 is 0 Å². The van der Waals surface area contributed by atoms with Gasteiger partial charge < -0.3 is 19.7 Å². The van der Waals surface area contributed by atoms with Gasteiger partial charge in [0.15, 0.2) is 6.23 Å². The van der Waals surface area contributed by atoms with Crippen LogP contribution in [0.5, 0.6) is 0 Å². The van der Waals surface area contributed by atoms with E-state index < -0.39 is 24.2 Å². The van der Waals surface area contributed by atoms with Gasteiger partial charge in [-0.15, -0.1) is 0 Å². The van der Waals surface area contributed by atoms with Crippen molar-refractivity contribution in [3.63, 3.8) is 0 Å². The Labute approximate surface area is 146 Å². The number of nitrogens with one attached hydrogen (secondary N) is 1. The first kappa shape index (κ1) is 17.4. The van der Waals surface area contributed by atoms with E-state index in [-0.39, 0.29) is 24.5 Å². The van der Waals surface area contributed by atoms with Crippen molar-refractivity contribution in [3.05, 3.63) is 35.9 Å². The number of amides is 2. The van der Waals surface area contributed by atoms with Crippen LogP contribution in [0.3, 0.4) is 0 Å². The maximum atomic E-state index is 13.0. The summed E-state index contributed by atoms with van der Waals surface area (Å²) in [7, 11) is 0. The van der Waals surface area contributed by atoms with Gasteiger partial charge in [-0.3, -0.25) is 9.59 Å². The number of fused-ring (bicyclic) bond motifs is 1. The van der Waals surface area contributed by atoms with E-state index in [4.69, 9.17) is 9.47 Å². The zero-order chi connectivity index (χ0) is 18.0. The quantitative estimate of drug-likeness (QED) is 0.804. The summed E-state index contributed by atoms with van der Waals surface area (Å²) in [5.41, 5.74) is 0.895. The van der Waals surface area contributed by atoms with Crippen LogP contribution in [-0.2, 0) is 23.9 Å². The summed E-state index contributed by atoms with van der Waals surface area (Å²) < 4.78 is 10.8. The monoisotopic (exact) mass is 346 g/mol. The molecule has 4 atom stereocenters. The Morgan fingerprint density at radius 2 is 2.08 bits per heavy atom. The maximum Gasteiger partial charge on any atom is 0.329 e. The van der Waals surface area contributed by atoms with Crippen LogP contribution in [0.15, 0.2) is 30.3 Å². The molecule has 2 fully saturated rings. The number of carbonyl (C=O) groups excluding carboxylic acids is 3. The Hall–Kier alpha value is -2.41. The molecule has 0 spiro atoms. The van der Waals surface area contributed by atoms with Crippen LogP contribution in [0.1, 0.15) is 32.1 Å². The first-order valence-corrected chi connectivity index (χ1v) is 8.45. The summed E-state index contributed by atoms with van der Waals surface area (Å²) in [5, 5.41) is 2.58. The summed E-state index contributed by atoms with van der Waals surface area (Å²) in [6, 6.07) is 8.43. The Morgan fingerprint density at radius 3 is 2.72 bits per heavy atom. The lowest BCUT2D eigenvalue weighted by atomic mass is 9.96. The molecule has 0 radical (unpaired) electrons. The molecule has 7 nitrogen and oxygen atoms in total. The molecule has 25 heavy (non-hydrogen) atoms. The topological polar surface area (TPSA) is 84.9 Å². The molecular formula is C18H22N2O5. The van der Waals surface area contributed by atoms with E-state index in [9.17, 15) is 14.4 Å². The van der Waals surface area contributed by atoms with Crippen molar-refractivity contribution < 1.29 is 23.9 Å². The molecule has 0 saturated carbocycles. The fourth-order valence-corrected chi connectivity index (χ4v) is 3.54. The Kier molecular flexibility index (Phi) is 5.03. The Bertz CT molecular complexity index is 663. The smallest absolute Gasteiger partial charge is 0.329 e. The zero-order valence-electron chi connectivity index (χ0n) is 14.3. The highest BCUT2D eigenvalue weighted by Gasteiger charge is 2.52. The lowest BCUT2D eigenvalue weighted by molar-refractivity contribution is -0.152. The van der Waals surface area contributed by atoms with Crippen molar-refractivity contribution >= 4 is 17.8 Å². The highest BCUT2D eigenvalue weighted by atomic mass is 16.5. The molecule has 1 aromatic carbocycles. The number of esters is 1. The third-order valence-electron chi connectivity index (χ3n) is 4.58. The SMILES string of the molecule is CCOC(=O)C(NC(C)=O)[C@@H]1C[C@H]2CO[C@H](c3ccccc3)N2C1=O. The number of carbonyl (C=O) groups is 3. The van der Waals surface area contributed by atoms with Crippen molar-refractivity contribution in [1.29, 1.82) is 0 Å². The summed E-state index contributed by atoms with van der Waals surface area (Å²) >= 11 is 0. The minimum Gasteiger partial charge on any atom is -0.464 e. The minimum absolute atomic E-state index is 0.103. The van der Waals surface area contributed by atoms with E-state index in [2.05, 4.69) is 5.32 Å². The fourth-order valence-electron chi connectivity index (χ4n) is 3.54. The van der Waals surface area contributed by atoms with E-state index in [1.165, 1.54) is 6.92 Å². The summed E-state index contributed by atoms with van der Waals surface area (Å²) in [4.78, 5) is 38.4. The molecule has 7 heteroatoms. The van der Waals surface area contributed by atoms with E-state index in [1.807, 2.05) is 30.3 Å². The Balaban J connectivity index is 1.82. The largest absolute Gasteiger partial charge is 0.464 e. The molecule has 2 aliphatic heterocycles. The van der Waals surface area contributed by atoms with Gasteiger partial charge in [-0.2, -0.15) is 0 Å². The second kappa shape index (κ2) is 7.23. The van der Waals surface area contributed by atoms with Crippen LogP contribution >= 0.6 is 0 Å². The van der Waals surface area contributed by atoms with Gasteiger partial charge in [0.1, 0.15) is 6.04 Å². The van der Waals surface area contributed by atoms with Crippen LogP contribution < -0.4 is 5.32 Å². The summed E-state index contributed by atoms with van der Waals surface area (Å²) in [6.45, 7) is 3.62. The average Bonchev–Trinajstić information content (AvgIpc) is 3.14. The van der Waals surface area contributed by atoms with Gasteiger partial charge in [-0.1, -0.05) is 30.3 Å². The van der Waals surface area contributed by atoms with Gasteiger partial charge in [-0.05, 0) is 13.3 Å². The van der Waals surface area contributed by atoms with E-state index in [0.717, 1.165) is 5.56 Å². The molecule has 1 N–H and O–H groups in total. The highest BCUT2D eigenvalue weighted by Crippen LogP contribution is 2.40. The molecule has 134 valence electrons. The van der Waals surface area contributed by atoms with Gasteiger partial charge in [0, 0.05) is 12.5 Å². The predicted molar refractivity (Wildman–Crippen MR) is 88.1 cm³/mol. The molecule has 2 heterocycles. The first-order chi connectivity index (χ1) is 12.0. The van der Waals surface area contributed by atoms with Crippen LogP contribution in [0, 0.1) is 5.92 Å². The number of ether oxygens (including phenoxy) is 2. The van der Waals surface area contributed by atoms with Gasteiger partial charge in [0.05, 0.1) is 25.2 Å². The second-order valence-corrected chi connectivity index (χ2v) is 6.27. The van der Waals surface area contributed by atoms with Crippen LogP contribution in [0.2, 0.25) is 0 Å². The van der Waals surface area contributed by atoms with Crippen molar-refractivity contribution in [2.24, 2.45) is 5.92 Å². The van der Waals surface area contributed by atoms with Crippen LogP contribution in [0.25, 0.3) is 0 Å². The third-order valence-corrected chi connectivity index (χ3v) is 4.58. The molecule has 2 aliphatic rings. The number of nitrogens with zero attached hydrogens (tertiary/aromatic N) is 1. The number of rotatable bonds is 5. The second-order valence-electron chi connectivity index (χ2n) is 6.27. The van der Waals surface area contributed by atoms with Gasteiger partial charge >= 0.3 is 5.97 Å². The van der Waals surface area contributed by atoms with Crippen molar-refractivity contribution in [3.8, 4) is 0 Å². The van der Waals surface area contributed by atoms with Crippen molar-refractivity contribution in [2.45, 2.75) is 38.6 Å². The molecule has 0 aromatic heterocycles. The van der Waals surface area contributed by atoms with Gasteiger partial charge in [0.2, 0.25) is 11.8 Å². The van der Waals surface area contributed by atoms with Gasteiger partial charge in [0.25, 0.3) is 0 Å². The molecule has 0 bridgehead atoms. The number of hydrogen-bond donors (Lipinski definition) is 1. The average molecular weight is 346 g/mol. The van der Waals surface area contributed by atoms with E-state index in [0.29, 0.717) is 13.0 Å². The Morgan fingerprint density at radius 1 is 1.36 bits per heavy atom. The molecule has 2 saturated heterocycles. The number of benzene rings is 1. The fraction of sp³-hybridized carbons (Fsp3) is 0.500. The molecular weight excluding hydrogens is 324 g/mol. The number of hydrogen-bond acceptors (Lipinski definition) is 5. The lowest BCUT2D eigenvalue weighted by Crippen LogP contribution is -2.48. The lowest BCUT2D eigenvalue weighted by Gasteiger charge is -2.25. The summed E-state index contributed by atoms with van der Waals surface area (Å²) in [5.74, 6) is -1.77. The van der Waals surface area contributed by atoms with Gasteiger partial charge in [-0.25, -0.2) is 4.79 Å². The normalized spacial score (nSPS) is 26.2. The first-order valence-electron chi connectivity index (χ1n) is 8.45. The molecule has 1 unspecified atom stereocenters. The molecule has 3 rings (SSSR count). The van der Waals surface area contributed by atoms with Crippen LogP contribution in [0.4, 0.5) is 0 Å². The predicted octanol–water partition coefficient (Wildman–Crippen LogP) is 1.00. The maximum absolute atomic E-state index is 13.0. The minimum atomic E-state index is -0.966. The standard InChI is InChI=1S/C18H22N2O5/c1-3-24-18(23)15(19-11(2)21)14-9-13-10-25-17(20(13)16(14)22)12-7-5-4-6-8-12/h4-8,13-15,17H,3,9-10H2,1-2H3,(H,19,21)/t13-,14-,15?,17+/m0/s1. The highest BCUT2D eigenvalue weighted by molar-refractivity contribution is 5.92.